The van der Waals surface area contributed by atoms with Crippen molar-refractivity contribution in [3.8, 4) is 11.3 Å². The van der Waals surface area contributed by atoms with E-state index in [1.807, 2.05) is 6.92 Å². The molecule has 0 aliphatic carbocycles. The number of hydrogen-bond acceptors (Lipinski definition) is 4. The lowest BCUT2D eigenvalue weighted by molar-refractivity contribution is 0.0961. The number of hydrogen-bond donors (Lipinski definition) is 2. The van der Waals surface area contributed by atoms with Gasteiger partial charge in [-0.1, -0.05) is 34.4 Å². The van der Waals surface area contributed by atoms with E-state index < -0.39 is 11.7 Å². The zero-order valence-corrected chi connectivity index (χ0v) is 15.4. The molecule has 0 saturated heterocycles. The van der Waals surface area contributed by atoms with E-state index in [9.17, 15) is 9.18 Å². The highest BCUT2D eigenvalue weighted by Gasteiger charge is 2.25. The Balaban J connectivity index is 1.90. The lowest BCUT2D eigenvalue weighted by atomic mass is 10.1. The Bertz CT molecular complexity index is 968. The second-order valence-electron chi connectivity index (χ2n) is 5.60. The Morgan fingerprint density at radius 3 is 2.65 bits per heavy atom. The Morgan fingerprint density at radius 1 is 1.19 bits per heavy atom. The minimum atomic E-state index is -0.596. The molecule has 3 aromatic rings. The monoisotopic (exact) mass is 393 g/mol. The molecular weight excluding hydrogens is 380 g/mol. The molecule has 0 fully saturated rings. The Morgan fingerprint density at radius 2 is 1.96 bits per heavy atom. The van der Waals surface area contributed by atoms with Gasteiger partial charge in [0.2, 0.25) is 0 Å². The van der Waals surface area contributed by atoms with Crippen molar-refractivity contribution in [1.29, 1.82) is 0 Å². The quantitative estimate of drug-likeness (QED) is 0.600. The Hall–Kier alpha value is -2.57. The van der Waals surface area contributed by atoms with Gasteiger partial charge in [0.1, 0.15) is 22.8 Å². The topological polar surface area (TPSA) is 67.2 Å². The van der Waals surface area contributed by atoms with Gasteiger partial charge in [-0.25, -0.2) is 4.39 Å². The van der Waals surface area contributed by atoms with Gasteiger partial charge in [0.15, 0.2) is 0 Å². The smallest absolute Gasteiger partial charge is 0.275 e. The van der Waals surface area contributed by atoms with Crippen molar-refractivity contribution in [1.82, 2.24) is 10.6 Å². The molecule has 2 aromatic carbocycles. The van der Waals surface area contributed by atoms with Crippen LogP contribution in [0, 0.1) is 19.7 Å². The lowest BCUT2D eigenvalue weighted by Crippen LogP contribution is -2.30. The number of carbonyl (C=O) groups is 1. The van der Waals surface area contributed by atoms with Crippen LogP contribution < -0.4 is 10.9 Å². The number of anilines is 1. The first-order valence-electron chi connectivity index (χ1n) is 7.61. The number of benzene rings is 2. The molecule has 0 aliphatic rings. The molecular formula is C18H14Cl2FN3O2. The number of aromatic nitrogens is 1. The summed E-state index contributed by atoms with van der Waals surface area (Å²) in [6.45, 7) is 3.41. The highest BCUT2D eigenvalue weighted by atomic mass is 35.5. The summed E-state index contributed by atoms with van der Waals surface area (Å²) in [4.78, 5) is 12.6. The van der Waals surface area contributed by atoms with Gasteiger partial charge < -0.3 is 4.52 Å². The van der Waals surface area contributed by atoms with E-state index >= 15 is 0 Å². The molecule has 0 spiro atoms. The third-order valence-electron chi connectivity index (χ3n) is 3.79. The minimum Gasteiger partial charge on any atom is -0.360 e. The molecule has 1 amide bonds. The molecule has 1 aromatic heterocycles. The van der Waals surface area contributed by atoms with E-state index in [1.165, 1.54) is 18.2 Å². The fourth-order valence-corrected chi connectivity index (χ4v) is 2.97. The van der Waals surface area contributed by atoms with Crippen LogP contribution in [-0.4, -0.2) is 11.1 Å². The van der Waals surface area contributed by atoms with Crippen LogP contribution in [0.4, 0.5) is 10.1 Å². The third-order valence-corrected chi connectivity index (χ3v) is 4.34. The van der Waals surface area contributed by atoms with E-state index in [2.05, 4.69) is 16.0 Å². The van der Waals surface area contributed by atoms with Gasteiger partial charge in [-0.15, -0.1) is 0 Å². The second kappa shape index (κ2) is 7.35. The van der Waals surface area contributed by atoms with Crippen molar-refractivity contribution in [2.45, 2.75) is 13.8 Å². The molecule has 26 heavy (non-hydrogen) atoms. The average molecular weight is 394 g/mol. The van der Waals surface area contributed by atoms with E-state index in [4.69, 9.17) is 27.7 Å². The first-order valence-corrected chi connectivity index (χ1v) is 8.37. The highest BCUT2D eigenvalue weighted by molar-refractivity contribution is 6.33. The molecule has 3 rings (SSSR count). The standard InChI is InChI=1S/C18H14Cl2FN3O2/c1-9-8-11(19)6-7-14(9)22-23-18(25)15-10(2)26-24-17(15)16-12(20)4-3-5-13(16)21/h3-8,22H,1-2H3,(H,23,25). The van der Waals surface area contributed by atoms with Crippen LogP contribution in [0.15, 0.2) is 40.9 Å². The summed E-state index contributed by atoms with van der Waals surface area (Å²) in [5.74, 6) is -0.889. The summed E-state index contributed by atoms with van der Waals surface area (Å²) in [5.41, 5.74) is 7.02. The molecule has 0 radical (unpaired) electrons. The normalized spacial score (nSPS) is 10.7. The molecule has 8 heteroatoms. The number of nitrogens with zero attached hydrogens (tertiary/aromatic N) is 1. The minimum absolute atomic E-state index is 0.0128. The third kappa shape index (κ3) is 3.52. The molecule has 134 valence electrons. The fourth-order valence-electron chi connectivity index (χ4n) is 2.49. The summed E-state index contributed by atoms with van der Waals surface area (Å²) in [5, 5.41) is 4.53. The van der Waals surface area contributed by atoms with Crippen LogP contribution in [0.25, 0.3) is 11.3 Å². The molecule has 0 aliphatic heterocycles. The van der Waals surface area contributed by atoms with Crippen LogP contribution in [0.1, 0.15) is 21.7 Å². The Kier molecular flexibility index (Phi) is 5.15. The van der Waals surface area contributed by atoms with Crippen molar-refractivity contribution in [2.75, 3.05) is 5.43 Å². The first kappa shape index (κ1) is 18.2. The number of amides is 1. The highest BCUT2D eigenvalue weighted by Crippen LogP contribution is 2.33. The number of halogens is 3. The largest absolute Gasteiger partial charge is 0.360 e. The Labute approximate surface area is 159 Å². The van der Waals surface area contributed by atoms with Crippen molar-refractivity contribution >= 4 is 34.8 Å². The van der Waals surface area contributed by atoms with Gasteiger partial charge in [-0.2, -0.15) is 0 Å². The zero-order chi connectivity index (χ0) is 18.8. The van der Waals surface area contributed by atoms with Crippen molar-refractivity contribution in [3.05, 3.63) is 69.1 Å². The zero-order valence-electron chi connectivity index (χ0n) is 13.9. The predicted octanol–water partition coefficient (Wildman–Crippen LogP) is 5.16. The molecule has 5 nitrogen and oxygen atoms in total. The summed E-state index contributed by atoms with van der Waals surface area (Å²) < 4.78 is 19.3. The summed E-state index contributed by atoms with van der Waals surface area (Å²) in [6.07, 6.45) is 0. The first-order chi connectivity index (χ1) is 12.4. The maximum atomic E-state index is 14.2. The van der Waals surface area contributed by atoms with Gasteiger partial charge in [0.05, 0.1) is 16.3 Å². The van der Waals surface area contributed by atoms with Crippen LogP contribution in [0.3, 0.4) is 0 Å². The average Bonchev–Trinajstić information content (AvgIpc) is 2.95. The fraction of sp³-hybridized carbons (Fsp3) is 0.111. The van der Waals surface area contributed by atoms with Gasteiger partial charge in [0.25, 0.3) is 5.91 Å². The molecule has 0 bridgehead atoms. The summed E-state index contributed by atoms with van der Waals surface area (Å²) in [6, 6.07) is 9.40. The van der Waals surface area contributed by atoms with Crippen LogP contribution in [0.2, 0.25) is 10.0 Å². The molecule has 0 unspecified atom stereocenters. The number of aryl methyl sites for hydroxylation is 2. The van der Waals surface area contributed by atoms with E-state index in [0.717, 1.165) is 5.56 Å². The van der Waals surface area contributed by atoms with Crippen LogP contribution in [-0.2, 0) is 0 Å². The van der Waals surface area contributed by atoms with Gasteiger partial charge in [-0.3, -0.25) is 15.6 Å². The number of nitrogens with one attached hydrogen (secondary N) is 2. The lowest BCUT2D eigenvalue weighted by Gasteiger charge is -2.11. The number of rotatable bonds is 4. The maximum absolute atomic E-state index is 14.2. The molecule has 1 heterocycles. The number of carbonyl (C=O) groups excluding carboxylic acids is 1. The van der Waals surface area contributed by atoms with Gasteiger partial charge in [-0.05, 0) is 49.7 Å². The molecule has 0 atom stereocenters. The van der Waals surface area contributed by atoms with E-state index in [0.29, 0.717) is 10.7 Å². The van der Waals surface area contributed by atoms with Crippen molar-refractivity contribution in [2.24, 2.45) is 0 Å². The van der Waals surface area contributed by atoms with Gasteiger partial charge >= 0.3 is 0 Å². The predicted molar refractivity (Wildman–Crippen MR) is 98.9 cm³/mol. The maximum Gasteiger partial charge on any atom is 0.275 e. The SMILES string of the molecule is Cc1cc(Cl)ccc1NNC(=O)c1c(-c2c(F)cccc2Cl)noc1C. The van der Waals surface area contributed by atoms with Crippen molar-refractivity contribution < 1.29 is 13.7 Å². The second-order valence-corrected chi connectivity index (χ2v) is 6.44. The van der Waals surface area contributed by atoms with Gasteiger partial charge in [0, 0.05) is 5.02 Å². The van der Waals surface area contributed by atoms with Crippen LogP contribution in [0.5, 0.6) is 0 Å². The number of hydrazine groups is 1. The van der Waals surface area contributed by atoms with Crippen molar-refractivity contribution in [3.63, 3.8) is 0 Å². The molecule has 0 saturated carbocycles. The van der Waals surface area contributed by atoms with E-state index in [1.54, 1.807) is 25.1 Å². The molecule has 2 N–H and O–H groups in total. The van der Waals surface area contributed by atoms with Crippen LogP contribution >= 0.6 is 23.2 Å². The van der Waals surface area contributed by atoms with E-state index in [-0.39, 0.29) is 27.6 Å². The summed E-state index contributed by atoms with van der Waals surface area (Å²) in [7, 11) is 0. The summed E-state index contributed by atoms with van der Waals surface area (Å²) >= 11 is 12.0.